The van der Waals surface area contributed by atoms with Crippen LogP contribution in [0.2, 0.25) is 25.7 Å². The van der Waals surface area contributed by atoms with Crippen LogP contribution in [0, 0.1) is 23.7 Å². The van der Waals surface area contributed by atoms with E-state index in [-0.39, 0.29) is 68.1 Å². The number of aliphatic carboxylic acids is 1. The summed E-state index contributed by atoms with van der Waals surface area (Å²) in [4.78, 5) is 196. The first-order chi connectivity index (χ1) is 50.4. The maximum absolute atomic E-state index is 14.5. The predicted octanol–water partition coefficient (Wildman–Crippen LogP) is -2.73. The lowest BCUT2D eigenvalue weighted by atomic mass is 9.93. The first-order valence-corrected chi connectivity index (χ1v) is 38.5. The number of rotatable bonds is 42. The van der Waals surface area contributed by atoms with Crippen LogP contribution in [-0.4, -0.2) is 232 Å². The number of aliphatic hydroxyl groups excluding tert-OH is 4. The van der Waals surface area contributed by atoms with Crippen LogP contribution in [0.15, 0.2) is 59.9 Å². The smallest absolute Gasteiger partial charge is 0.475 e. The van der Waals surface area contributed by atoms with E-state index >= 15 is 0 Å². The number of ether oxygens (including phenoxy) is 2. The van der Waals surface area contributed by atoms with Gasteiger partial charge < -0.3 is 111 Å². The number of carbonyl (C=O) groups excluding carboxylic acids is 13. The van der Waals surface area contributed by atoms with Crippen molar-refractivity contribution in [3.05, 3.63) is 66.0 Å². The Labute approximate surface area is 630 Å². The van der Waals surface area contributed by atoms with Crippen molar-refractivity contribution < 1.29 is 115 Å². The quantitative estimate of drug-likeness (QED) is 0.0105. The zero-order chi connectivity index (χ0) is 83.8. The molecule has 0 spiro atoms. The van der Waals surface area contributed by atoms with Crippen LogP contribution in [0.5, 0.6) is 0 Å². The van der Waals surface area contributed by atoms with E-state index < -0.39 is 207 Å². The van der Waals surface area contributed by atoms with Gasteiger partial charge in [-0.3, -0.25) is 62.7 Å². The third kappa shape index (κ3) is 36.1. The van der Waals surface area contributed by atoms with Gasteiger partial charge in [0.15, 0.2) is 24.2 Å². The minimum atomic E-state index is -5.08. The van der Waals surface area contributed by atoms with Crippen molar-refractivity contribution in [2.24, 2.45) is 51.6 Å². The molecule has 37 nitrogen and oxygen atoms in total. The van der Waals surface area contributed by atoms with Gasteiger partial charge in [0.1, 0.15) is 53.9 Å². The zero-order valence-electron chi connectivity index (χ0n) is 63.5. The average molecular weight is 1570 g/mol. The summed E-state index contributed by atoms with van der Waals surface area (Å²) in [6, 6.07) is -4.71. The van der Waals surface area contributed by atoms with Gasteiger partial charge >= 0.3 is 24.2 Å². The number of amides is 12. The van der Waals surface area contributed by atoms with Crippen LogP contribution >= 0.6 is 0 Å². The Hall–Kier alpha value is -10.1. The van der Waals surface area contributed by atoms with Gasteiger partial charge in [-0.1, -0.05) is 111 Å². The fourth-order valence-corrected chi connectivity index (χ4v) is 11.5. The van der Waals surface area contributed by atoms with Crippen molar-refractivity contribution in [3.8, 4) is 0 Å². The molecule has 0 fully saturated rings. The molecule has 0 aliphatic carbocycles. The van der Waals surface area contributed by atoms with E-state index in [2.05, 4.69) is 52.5 Å². The predicted molar refractivity (Wildman–Crippen MR) is 389 cm³/mol. The van der Waals surface area contributed by atoms with Crippen molar-refractivity contribution in [3.63, 3.8) is 0 Å². The molecule has 2 aromatic rings. The molecule has 1 heterocycles. The largest absolute Gasteiger partial charge is 0.490 e. The minimum absolute atomic E-state index is 0.00370. The van der Waals surface area contributed by atoms with E-state index in [1.807, 2.05) is 30.3 Å². The number of alkyl halides is 3. The molecular weight excluding hydrogens is 1460 g/mol. The number of halogens is 3. The molecule has 0 aliphatic rings. The summed E-state index contributed by atoms with van der Waals surface area (Å²) in [7, 11) is -2.17. The molecule has 2 rings (SSSR count). The number of benzene rings is 1. The van der Waals surface area contributed by atoms with Gasteiger partial charge in [0, 0.05) is 33.4 Å². The Morgan fingerprint density at radius 1 is 0.615 bits per heavy atom. The normalized spacial score (nSPS) is 15.7. The van der Waals surface area contributed by atoms with E-state index in [0.717, 1.165) is 6.92 Å². The summed E-state index contributed by atoms with van der Waals surface area (Å²) in [5, 5.41) is 74.1. The number of pyridine rings is 1. The van der Waals surface area contributed by atoms with Gasteiger partial charge in [-0.05, 0) is 87.9 Å². The molecule has 0 saturated heterocycles. The van der Waals surface area contributed by atoms with Crippen molar-refractivity contribution in [1.29, 1.82) is 0 Å². The number of carbonyl (C=O) groups is 14. The second-order valence-corrected chi connectivity index (χ2v) is 34.3. The molecule has 1 aromatic heterocycles. The Kier molecular flexibility index (Phi) is 40.6. The van der Waals surface area contributed by atoms with E-state index in [9.17, 15) is 95.9 Å². The number of nitrogens with two attached hydrogens (primary N) is 4. The number of aliphatic imine (C=N–C) groups is 1. The van der Waals surface area contributed by atoms with E-state index in [4.69, 9.17) is 42.3 Å². The molecule has 12 amide bonds. The number of carboxylic acids is 1. The second kappa shape index (κ2) is 45.6. The molecule has 0 saturated carbocycles. The maximum atomic E-state index is 14.5. The summed E-state index contributed by atoms with van der Waals surface area (Å²) in [5.41, 5.74) is 21.7. The summed E-state index contributed by atoms with van der Waals surface area (Å²) in [6.45, 7) is 21.2. The molecule has 0 bridgehead atoms. The van der Waals surface area contributed by atoms with Gasteiger partial charge in [0.05, 0.1) is 31.3 Å². The van der Waals surface area contributed by atoms with E-state index in [1.54, 1.807) is 80.5 Å². The molecule has 0 radical (unpaired) electrons. The Bertz CT molecular complexity index is 3420. The highest BCUT2D eigenvalue weighted by Crippen LogP contribution is 2.24. The fourth-order valence-electron chi connectivity index (χ4n) is 10.0. The first kappa shape index (κ1) is 96.9. The number of carboxylic acid groups (broad SMARTS) is 1. The SMILES string of the molecule is CC[C@H](C)[C@H](NC(=O)[C@@H](CCCN=C(N)N)NC(=O)[C@H](CC(C)C)NC(=O)[C@@H](C)[C@H](O)C(C)C)C(=O)N[C@H](C(=O)NCC(=O)N[C@H](C(=O)N[C@@H](CO)C(=O)O[C@H](c1ccccc1)[C@H](NC(=O)[C@H](Cc1cccnc1)NC(=O)[C@@H](C[Si](C)(C)C)NC(=O)OC(C)(C)C)C(N)=O)[C@H](O)C(N)=O)[C@H](C)O.O=C(O)C(F)(F)F. The lowest BCUT2D eigenvalue weighted by Gasteiger charge is -2.31. The summed E-state index contributed by atoms with van der Waals surface area (Å²) < 4.78 is 42.9. The molecule has 612 valence electrons. The first-order valence-electron chi connectivity index (χ1n) is 34.8. The van der Waals surface area contributed by atoms with Crippen LogP contribution in [0.25, 0.3) is 0 Å². The number of guanidine groups is 1. The number of aliphatic hydroxyl groups is 4. The molecule has 41 heteroatoms. The minimum Gasteiger partial charge on any atom is -0.475 e. The van der Waals surface area contributed by atoms with Crippen LogP contribution in [-0.2, 0) is 78.2 Å². The topological polar surface area (TPSA) is 608 Å². The Morgan fingerprint density at radius 2 is 1.14 bits per heavy atom. The van der Waals surface area contributed by atoms with E-state index in [1.165, 1.54) is 43.6 Å². The lowest BCUT2D eigenvalue weighted by molar-refractivity contribution is -0.192. The Balaban J connectivity index is 0.00000805. The number of esters is 1. The summed E-state index contributed by atoms with van der Waals surface area (Å²) >= 11 is 0. The van der Waals surface area contributed by atoms with Crippen molar-refractivity contribution in [2.75, 3.05) is 19.7 Å². The standard InChI is InChI=1S/C66H108N16O19Si.C2HF3O2/c1-15-35(6)46(80-56(91)40(24-20-26-72-64(69)70)74-57(92)41(27-33(2)3)75-55(90)36(7)50(86)34(4)5)61(96)81-47(37(8)84)60(95)73-30-45(85)79-48(51(87)54(68)89)62(97)77-43(31-83)63(98)100-52(39-22-17-16-18-23-39)49(53(67)88)82-58(93)42(28-38-21-19-25-71-29-38)76-59(94)44(32-102(12,13)14)78-65(99)101-66(9,10)11;3-2(4,5)1(6)7/h16-19,21-23,25,29,33-37,40-44,46-52,83-84,86-87H,15,20,24,26-28,30-32H2,1-14H3,(H2,67,88)(H2,68,89)(H,73,95)(H,74,92)(H,75,90)(H,76,94)(H,77,97)(H,78,99)(H,79,85)(H,80,91)(H,81,96)(H,82,93)(H4,69,70,72);(H,6,7)/t35-,36-,37-,40+,41-,42-,43-,44+,46-,47-,48-,49-,50+,51-,52+;/m0./s1. The summed E-state index contributed by atoms with van der Waals surface area (Å²) in [5.74, 6) is -18.8. The number of alkyl carbamates (subject to hydrolysis) is 1. The molecule has 109 heavy (non-hydrogen) atoms. The highest BCUT2D eigenvalue weighted by Gasteiger charge is 2.42. The van der Waals surface area contributed by atoms with Crippen molar-refractivity contribution in [1.82, 2.24) is 58.2 Å². The number of primary amides is 2. The van der Waals surface area contributed by atoms with Crippen molar-refractivity contribution >= 4 is 97.0 Å². The van der Waals surface area contributed by atoms with Crippen LogP contribution in [0.3, 0.4) is 0 Å². The molecule has 15 atom stereocenters. The monoisotopic (exact) mass is 1570 g/mol. The second-order valence-electron chi connectivity index (χ2n) is 28.7. The van der Waals surface area contributed by atoms with Crippen LogP contribution < -0.4 is 76.1 Å². The molecule has 23 N–H and O–H groups in total. The molecule has 0 unspecified atom stereocenters. The number of nitrogens with zero attached hydrogens (tertiary/aromatic N) is 2. The molecule has 1 aromatic carbocycles. The number of hydrogen-bond acceptors (Lipinski definition) is 22. The molecular formula is C68H109F3N16O21Si. The number of nitrogens with one attached hydrogen (secondary N) is 10. The van der Waals surface area contributed by atoms with Crippen LogP contribution in [0.4, 0.5) is 18.0 Å². The summed E-state index contributed by atoms with van der Waals surface area (Å²) in [6.07, 6.45) is -10.2. The maximum Gasteiger partial charge on any atom is 0.490 e. The number of aromatic nitrogens is 1. The fraction of sp³-hybridized carbons (Fsp3) is 0.618. The van der Waals surface area contributed by atoms with Gasteiger partial charge in [-0.15, -0.1) is 0 Å². The van der Waals surface area contributed by atoms with Gasteiger partial charge in [0.25, 0.3) is 0 Å². The van der Waals surface area contributed by atoms with Gasteiger partial charge in [0.2, 0.25) is 65.0 Å². The number of hydrogen-bond donors (Lipinski definition) is 19. The molecule has 0 aliphatic heterocycles. The lowest BCUT2D eigenvalue weighted by Crippen LogP contribution is -2.62. The zero-order valence-corrected chi connectivity index (χ0v) is 64.5. The third-order valence-electron chi connectivity index (χ3n) is 15.9. The van der Waals surface area contributed by atoms with E-state index in [0.29, 0.717) is 5.56 Å². The van der Waals surface area contributed by atoms with Gasteiger partial charge in [-0.25, -0.2) is 14.4 Å². The highest BCUT2D eigenvalue weighted by atomic mass is 28.3. The van der Waals surface area contributed by atoms with Gasteiger partial charge in [-0.2, -0.15) is 13.2 Å². The average Bonchev–Trinajstić information content (AvgIpc) is 0.825. The third-order valence-corrected chi connectivity index (χ3v) is 17.6. The highest BCUT2D eigenvalue weighted by molar-refractivity contribution is 6.76. The van der Waals surface area contributed by atoms with Crippen molar-refractivity contribution in [2.45, 2.75) is 225 Å². The van der Waals surface area contributed by atoms with Crippen LogP contribution in [0.1, 0.15) is 119 Å². The Morgan fingerprint density at radius 3 is 1.62 bits per heavy atom.